The van der Waals surface area contributed by atoms with E-state index in [9.17, 15) is 14.4 Å². The Hall–Kier alpha value is -4.24. The first-order valence-electron chi connectivity index (χ1n) is 12.0. The van der Waals surface area contributed by atoms with Gasteiger partial charge in [0.1, 0.15) is 12.4 Å². The molecule has 3 aromatic carbocycles. The van der Waals surface area contributed by atoms with Crippen LogP contribution in [0.4, 0.5) is 10.5 Å². The first-order chi connectivity index (χ1) is 18.4. The zero-order chi connectivity index (χ0) is 27.1. The van der Waals surface area contributed by atoms with Gasteiger partial charge in [-0.2, -0.15) is 0 Å². The van der Waals surface area contributed by atoms with Crippen molar-refractivity contribution in [1.29, 1.82) is 0 Å². The van der Waals surface area contributed by atoms with E-state index in [0.717, 1.165) is 33.5 Å². The number of thioether (sulfide) groups is 1. The average molecular weight is 533 g/mol. The molecular formula is C29H28N2O6S. The first kappa shape index (κ1) is 26.8. The first-order valence-corrected chi connectivity index (χ1v) is 12.8. The van der Waals surface area contributed by atoms with Gasteiger partial charge in [-0.25, -0.2) is 0 Å². The van der Waals surface area contributed by atoms with Crippen molar-refractivity contribution >= 4 is 40.6 Å². The summed E-state index contributed by atoms with van der Waals surface area (Å²) in [6.07, 6.45) is 1.60. The molecule has 1 fully saturated rings. The summed E-state index contributed by atoms with van der Waals surface area (Å²) in [5.41, 5.74) is 3.38. The Labute approximate surface area is 225 Å². The van der Waals surface area contributed by atoms with Crippen LogP contribution in [0.5, 0.6) is 17.2 Å². The fourth-order valence-electron chi connectivity index (χ4n) is 3.83. The van der Waals surface area contributed by atoms with Crippen LogP contribution in [-0.4, -0.2) is 48.8 Å². The molecule has 3 amide bonds. The number of amides is 3. The molecule has 3 aromatic rings. The lowest BCUT2D eigenvalue weighted by molar-refractivity contribution is -0.123. The Bertz CT molecular complexity index is 1390. The molecule has 0 atom stereocenters. The summed E-state index contributed by atoms with van der Waals surface area (Å²) >= 11 is 0.852. The van der Waals surface area contributed by atoms with Crippen molar-refractivity contribution in [1.82, 2.24) is 4.90 Å². The monoisotopic (exact) mass is 532 g/mol. The number of carbonyl (C=O) groups is 3. The average Bonchev–Trinajstić information content (AvgIpc) is 3.17. The molecule has 0 aromatic heterocycles. The number of anilines is 1. The number of hydrogen-bond donors (Lipinski definition) is 1. The van der Waals surface area contributed by atoms with Gasteiger partial charge in [0, 0.05) is 11.3 Å². The minimum Gasteiger partial charge on any atom is -0.493 e. The van der Waals surface area contributed by atoms with E-state index < -0.39 is 5.91 Å². The van der Waals surface area contributed by atoms with Gasteiger partial charge in [0.2, 0.25) is 0 Å². The lowest BCUT2D eigenvalue weighted by atomic mass is 10.1. The van der Waals surface area contributed by atoms with Crippen LogP contribution < -0.4 is 19.5 Å². The summed E-state index contributed by atoms with van der Waals surface area (Å²) < 4.78 is 16.7. The van der Waals surface area contributed by atoms with Gasteiger partial charge in [-0.1, -0.05) is 48.0 Å². The van der Waals surface area contributed by atoms with Crippen molar-refractivity contribution in [2.75, 3.05) is 32.2 Å². The number of nitrogens with zero attached hydrogens (tertiary/aromatic N) is 1. The third kappa shape index (κ3) is 6.54. The standard InChI is InChI=1S/C29H28N2O6S/c1-19-12-13-22(20(2)16-19)30-27(32)18-37-23-9-5-4-8-21(23)17-26-28(33)31(29(34)38-26)14-15-36-25-11-7-6-10-24(25)35-3/h4-13,16-17H,14-15,18H2,1-3H3,(H,30,32)/b26-17-. The van der Waals surface area contributed by atoms with Gasteiger partial charge in [0.05, 0.1) is 18.6 Å². The molecule has 1 aliphatic heterocycles. The van der Waals surface area contributed by atoms with E-state index in [2.05, 4.69) is 5.32 Å². The SMILES string of the molecule is COc1ccccc1OCCN1C(=O)S/C(=C\c2ccccc2OCC(=O)Nc2ccc(C)cc2C)C1=O. The molecule has 0 unspecified atom stereocenters. The molecule has 196 valence electrons. The predicted octanol–water partition coefficient (Wildman–Crippen LogP) is 5.44. The molecule has 0 radical (unpaired) electrons. The molecule has 1 aliphatic rings. The molecule has 1 N–H and O–H groups in total. The highest BCUT2D eigenvalue weighted by atomic mass is 32.2. The smallest absolute Gasteiger partial charge is 0.293 e. The van der Waals surface area contributed by atoms with Crippen LogP contribution in [0, 0.1) is 13.8 Å². The predicted molar refractivity (Wildman–Crippen MR) is 148 cm³/mol. The van der Waals surface area contributed by atoms with E-state index in [0.29, 0.717) is 22.8 Å². The number of benzene rings is 3. The molecule has 1 saturated heterocycles. The Morgan fingerprint density at radius 1 is 0.947 bits per heavy atom. The number of para-hydroxylation sites is 3. The van der Waals surface area contributed by atoms with Gasteiger partial charge in [0.15, 0.2) is 18.1 Å². The summed E-state index contributed by atoms with van der Waals surface area (Å²) in [6, 6.07) is 20.0. The van der Waals surface area contributed by atoms with Crippen LogP contribution in [0.25, 0.3) is 6.08 Å². The molecular weight excluding hydrogens is 504 g/mol. The molecule has 0 saturated carbocycles. The number of ether oxygens (including phenoxy) is 3. The molecule has 9 heteroatoms. The quantitative estimate of drug-likeness (QED) is 0.347. The van der Waals surface area contributed by atoms with Gasteiger partial charge < -0.3 is 19.5 Å². The van der Waals surface area contributed by atoms with Crippen LogP contribution in [0.2, 0.25) is 0 Å². The molecule has 8 nitrogen and oxygen atoms in total. The summed E-state index contributed by atoms with van der Waals surface area (Å²) in [5, 5.41) is 2.47. The number of aryl methyl sites for hydroxylation is 2. The highest BCUT2D eigenvalue weighted by Crippen LogP contribution is 2.34. The number of methoxy groups -OCH3 is 1. The fourth-order valence-corrected chi connectivity index (χ4v) is 4.69. The summed E-state index contributed by atoms with van der Waals surface area (Å²) in [6.45, 7) is 3.93. The van der Waals surface area contributed by atoms with E-state index >= 15 is 0 Å². The lowest BCUT2D eigenvalue weighted by Gasteiger charge is -2.14. The zero-order valence-corrected chi connectivity index (χ0v) is 22.2. The second kappa shape index (κ2) is 12.3. The second-order valence-corrected chi connectivity index (χ2v) is 9.52. The van der Waals surface area contributed by atoms with Crippen LogP contribution in [0.3, 0.4) is 0 Å². The largest absolute Gasteiger partial charge is 0.493 e. The van der Waals surface area contributed by atoms with Crippen LogP contribution in [-0.2, 0) is 9.59 Å². The molecule has 38 heavy (non-hydrogen) atoms. The maximum Gasteiger partial charge on any atom is 0.293 e. The molecule has 0 spiro atoms. The fraction of sp³-hybridized carbons (Fsp3) is 0.207. The van der Waals surface area contributed by atoms with E-state index in [-0.39, 0.29) is 35.8 Å². The Kier molecular flexibility index (Phi) is 8.70. The van der Waals surface area contributed by atoms with Crippen LogP contribution >= 0.6 is 11.8 Å². The zero-order valence-electron chi connectivity index (χ0n) is 21.4. The Morgan fingerprint density at radius 3 is 2.39 bits per heavy atom. The molecule has 4 rings (SSSR count). The van der Waals surface area contributed by atoms with Gasteiger partial charge in [0.25, 0.3) is 17.1 Å². The Balaban J connectivity index is 1.37. The number of imide groups is 1. The summed E-state index contributed by atoms with van der Waals surface area (Å²) in [4.78, 5) is 39.4. The minimum absolute atomic E-state index is 0.0940. The number of rotatable bonds is 10. The van der Waals surface area contributed by atoms with Crippen LogP contribution in [0.15, 0.2) is 71.6 Å². The van der Waals surface area contributed by atoms with Gasteiger partial charge in [-0.05, 0) is 61.5 Å². The van der Waals surface area contributed by atoms with E-state index in [1.165, 1.54) is 0 Å². The van der Waals surface area contributed by atoms with Gasteiger partial charge in [-0.15, -0.1) is 0 Å². The van der Waals surface area contributed by atoms with E-state index in [1.54, 1.807) is 49.6 Å². The molecule has 0 bridgehead atoms. The Morgan fingerprint density at radius 2 is 1.66 bits per heavy atom. The van der Waals surface area contributed by atoms with Crippen molar-refractivity contribution in [2.45, 2.75) is 13.8 Å². The van der Waals surface area contributed by atoms with Crippen molar-refractivity contribution in [3.8, 4) is 17.2 Å². The summed E-state index contributed by atoms with van der Waals surface area (Å²) in [7, 11) is 1.54. The van der Waals surface area contributed by atoms with E-state index in [4.69, 9.17) is 14.2 Å². The van der Waals surface area contributed by atoms with E-state index in [1.807, 2.05) is 44.2 Å². The number of nitrogens with one attached hydrogen (secondary N) is 1. The van der Waals surface area contributed by atoms with Crippen molar-refractivity contribution in [3.63, 3.8) is 0 Å². The maximum absolute atomic E-state index is 13.0. The van der Waals surface area contributed by atoms with Gasteiger partial charge >= 0.3 is 0 Å². The number of hydrogen-bond acceptors (Lipinski definition) is 7. The number of carbonyl (C=O) groups excluding carboxylic acids is 3. The third-order valence-electron chi connectivity index (χ3n) is 5.74. The van der Waals surface area contributed by atoms with Crippen molar-refractivity contribution in [2.24, 2.45) is 0 Å². The molecule has 0 aliphatic carbocycles. The van der Waals surface area contributed by atoms with Gasteiger partial charge in [-0.3, -0.25) is 19.3 Å². The van der Waals surface area contributed by atoms with Crippen molar-refractivity contribution in [3.05, 3.63) is 88.3 Å². The maximum atomic E-state index is 13.0. The van der Waals surface area contributed by atoms with Crippen LogP contribution in [0.1, 0.15) is 16.7 Å². The van der Waals surface area contributed by atoms with Crippen molar-refractivity contribution < 1.29 is 28.6 Å². The second-order valence-electron chi connectivity index (χ2n) is 8.53. The third-order valence-corrected chi connectivity index (χ3v) is 6.64. The highest BCUT2D eigenvalue weighted by Gasteiger charge is 2.35. The minimum atomic E-state index is -0.411. The highest BCUT2D eigenvalue weighted by molar-refractivity contribution is 8.18. The summed E-state index contributed by atoms with van der Waals surface area (Å²) in [5.74, 6) is 0.814. The lowest BCUT2D eigenvalue weighted by Crippen LogP contribution is -2.32. The molecule has 1 heterocycles. The topological polar surface area (TPSA) is 94.2 Å². The normalized spacial score (nSPS) is 14.1.